The molecule has 5 heteroatoms. The van der Waals surface area contributed by atoms with Crippen molar-refractivity contribution in [1.29, 1.82) is 0 Å². The van der Waals surface area contributed by atoms with Gasteiger partial charge in [0, 0.05) is 16.9 Å². The molecule has 2 heterocycles. The number of anilines is 2. The number of imidazole rings is 1. The molecule has 3 nitrogen and oxygen atoms in total. The van der Waals surface area contributed by atoms with Crippen molar-refractivity contribution in [2.24, 2.45) is 0 Å². The highest BCUT2D eigenvalue weighted by atomic mass is 35.5. The Hall–Kier alpha value is -2.85. The normalized spacial score (nSPS) is 11.0. The molecule has 0 aliphatic heterocycles. The first kappa shape index (κ1) is 16.6. The highest BCUT2D eigenvalue weighted by molar-refractivity contribution is 6.33. The zero-order valence-corrected chi connectivity index (χ0v) is 15.0. The van der Waals surface area contributed by atoms with Crippen molar-refractivity contribution in [1.82, 2.24) is 9.38 Å². The Kier molecular flexibility index (Phi) is 4.35. The summed E-state index contributed by atoms with van der Waals surface area (Å²) in [6.07, 6.45) is 0.855. The molecule has 1 N–H and O–H groups in total. The molecule has 4 aromatic rings. The monoisotopic (exact) mass is 365 g/mol. The van der Waals surface area contributed by atoms with Crippen LogP contribution < -0.4 is 5.32 Å². The third-order valence-electron chi connectivity index (χ3n) is 4.32. The van der Waals surface area contributed by atoms with Crippen LogP contribution in [0.5, 0.6) is 0 Å². The van der Waals surface area contributed by atoms with Crippen molar-refractivity contribution in [2.75, 3.05) is 5.32 Å². The summed E-state index contributed by atoms with van der Waals surface area (Å²) < 4.78 is 15.4. The minimum Gasteiger partial charge on any atom is -0.339 e. The summed E-state index contributed by atoms with van der Waals surface area (Å²) in [6, 6.07) is 20.0. The minimum atomic E-state index is -0.269. The smallest absolute Gasteiger partial charge is 0.143 e. The van der Waals surface area contributed by atoms with Gasteiger partial charge in [-0.3, -0.25) is 4.40 Å². The van der Waals surface area contributed by atoms with Crippen LogP contribution in [-0.2, 0) is 6.42 Å². The van der Waals surface area contributed by atoms with Crippen molar-refractivity contribution in [3.05, 3.63) is 83.3 Å². The van der Waals surface area contributed by atoms with Gasteiger partial charge in [0.15, 0.2) is 0 Å². The lowest BCUT2D eigenvalue weighted by atomic mass is 10.1. The summed E-state index contributed by atoms with van der Waals surface area (Å²) in [5.74, 6) is 0.548. The average molecular weight is 366 g/mol. The van der Waals surface area contributed by atoms with Gasteiger partial charge in [-0.05, 0) is 48.9 Å². The maximum atomic E-state index is 13.3. The number of fused-ring (bicyclic) bond motifs is 1. The maximum Gasteiger partial charge on any atom is 0.143 e. The van der Waals surface area contributed by atoms with Gasteiger partial charge in [0.25, 0.3) is 0 Å². The third kappa shape index (κ3) is 2.93. The molecular weight excluding hydrogens is 349 g/mol. The van der Waals surface area contributed by atoms with Crippen LogP contribution in [0.15, 0.2) is 66.7 Å². The number of nitrogens with one attached hydrogen (secondary N) is 1. The van der Waals surface area contributed by atoms with Crippen molar-refractivity contribution >= 4 is 28.8 Å². The van der Waals surface area contributed by atoms with Crippen LogP contribution in [-0.4, -0.2) is 9.38 Å². The highest BCUT2D eigenvalue weighted by Gasteiger charge is 2.18. The first-order valence-corrected chi connectivity index (χ1v) is 8.83. The summed E-state index contributed by atoms with van der Waals surface area (Å²) in [7, 11) is 0. The predicted molar refractivity (Wildman–Crippen MR) is 105 cm³/mol. The van der Waals surface area contributed by atoms with Crippen LogP contribution in [0.1, 0.15) is 12.6 Å². The molecule has 0 aliphatic carbocycles. The molecule has 0 aliphatic rings. The third-order valence-corrected chi connectivity index (χ3v) is 4.65. The van der Waals surface area contributed by atoms with Gasteiger partial charge in [-0.2, -0.15) is 0 Å². The van der Waals surface area contributed by atoms with Crippen LogP contribution >= 0.6 is 11.6 Å². The minimum absolute atomic E-state index is 0.269. The van der Waals surface area contributed by atoms with E-state index < -0.39 is 0 Å². The quantitative estimate of drug-likeness (QED) is 0.473. The lowest BCUT2D eigenvalue weighted by Gasteiger charge is -2.12. The van der Waals surface area contributed by atoms with Crippen LogP contribution in [0.4, 0.5) is 15.9 Å². The number of rotatable bonds is 4. The Morgan fingerprint density at radius 3 is 2.50 bits per heavy atom. The Balaban J connectivity index is 1.96. The number of halogens is 2. The Labute approximate surface area is 156 Å². The number of aromatic nitrogens is 2. The molecule has 0 unspecified atom stereocenters. The second-order valence-electron chi connectivity index (χ2n) is 5.99. The van der Waals surface area contributed by atoms with E-state index in [9.17, 15) is 4.39 Å². The van der Waals surface area contributed by atoms with Crippen molar-refractivity contribution in [2.45, 2.75) is 13.3 Å². The topological polar surface area (TPSA) is 29.3 Å². The molecule has 2 aromatic carbocycles. The molecule has 0 fully saturated rings. The summed E-state index contributed by atoms with van der Waals surface area (Å²) in [5.41, 5.74) is 4.36. The number of hydrogen-bond acceptors (Lipinski definition) is 2. The lowest BCUT2D eigenvalue weighted by Crippen LogP contribution is -2.01. The van der Waals surface area contributed by atoms with Crippen molar-refractivity contribution in [3.63, 3.8) is 0 Å². The molecule has 0 amide bonds. The fraction of sp³-hybridized carbons (Fsp3) is 0.0952. The van der Waals surface area contributed by atoms with Gasteiger partial charge in [0.05, 0.1) is 5.02 Å². The van der Waals surface area contributed by atoms with Crippen LogP contribution in [0.3, 0.4) is 0 Å². The SMILES string of the molecule is CCc1cccc2nc(-c3ccccc3Cl)c(Nc3ccc(F)cc3)n12. The zero-order valence-electron chi connectivity index (χ0n) is 14.2. The number of benzene rings is 2. The molecule has 26 heavy (non-hydrogen) atoms. The zero-order chi connectivity index (χ0) is 18.1. The van der Waals surface area contributed by atoms with E-state index in [1.54, 1.807) is 12.1 Å². The highest BCUT2D eigenvalue weighted by Crippen LogP contribution is 2.35. The molecule has 0 radical (unpaired) electrons. The first-order valence-electron chi connectivity index (χ1n) is 8.45. The lowest BCUT2D eigenvalue weighted by molar-refractivity contribution is 0.628. The van der Waals surface area contributed by atoms with E-state index in [0.29, 0.717) is 5.02 Å². The van der Waals surface area contributed by atoms with E-state index in [1.165, 1.54) is 12.1 Å². The molecule has 0 spiro atoms. The second kappa shape index (κ2) is 6.81. The van der Waals surface area contributed by atoms with Gasteiger partial charge in [-0.25, -0.2) is 9.37 Å². The average Bonchev–Trinajstić information content (AvgIpc) is 3.02. The number of hydrogen-bond donors (Lipinski definition) is 1. The van der Waals surface area contributed by atoms with Gasteiger partial charge in [-0.1, -0.05) is 42.8 Å². The Morgan fingerprint density at radius 1 is 1.00 bits per heavy atom. The predicted octanol–water partition coefficient (Wildman–Crippen LogP) is 6.10. The van der Waals surface area contributed by atoms with Crippen molar-refractivity contribution in [3.8, 4) is 11.3 Å². The fourth-order valence-corrected chi connectivity index (χ4v) is 3.29. The molecule has 2 aromatic heterocycles. The Morgan fingerprint density at radius 2 is 1.77 bits per heavy atom. The van der Waals surface area contributed by atoms with Crippen LogP contribution in [0.25, 0.3) is 16.9 Å². The number of pyridine rings is 1. The number of nitrogens with zero attached hydrogens (tertiary/aromatic N) is 2. The van der Waals surface area contributed by atoms with Crippen LogP contribution in [0.2, 0.25) is 5.02 Å². The van der Waals surface area contributed by atoms with Gasteiger partial charge < -0.3 is 5.32 Å². The summed E-state index contributed by atoms with van der Waals surface area (Å²) in [4.78, 5) is 4.81. The molecule has 0 saturated heterocycles. The van der Waals surface area contributed by atoms with Gasteiger partial charge in [0.1, 0.15) is 23.0 Å². The van der Waals surface area contributed by atoms with Gasteiger partial charge in [-0.15, -0.1) is 0 Å². The summed E-state index contributed by atoms with van der Waals surface area (Å²) >= 11 is 6.43. The van der Waals surface area contributed by atoms with E-state index in [2.05, 4.69) is 22.7 Å². The number of aryl methyl sites for hydroxylation is 1. The Bertz CT molecular complexity index is 1070. The molecule has 0 bridgehead atoms. The standard InChI is InChI=1S/C21H17ClFN3/c1-2-16-6-5-9-19-25-20(17-7-3-4-8-18(17)22)21(26(16)19)24-15-12-10-14(23)11-13-15/h3-13,24H,2H2,1H3. The fourth-order valence-electron chi connectivity index (χ4n) is 3.06. The van der Waals surface area contributed by atoms with Gasteiger partial charge in [0.2, 0.25) is 0 Å². The van der Waals surface area contributed by atoms with Gasteiger partial charge >= 0.3 is 0 Å². The largest absolute Gasteiger partial charge is 0.339 e. The van der Waals surface area contributed by atoms with E-state index in [-0.39, 0.29) is 5.82 Å². The summed E-state index contributed by atoms with van der Waals surface area (Å²) in [5, 5.41) is 4.03. The summed E-state index contributed by atoms with van der Waals surface area (Å²) in [6.45, 7) is 2.10. The van der Waals surface area contributed by atoms with E-state index >= 15 is 0 Å². The molecule has 130 valence electrons. The first-order chi connectivity index (χ1) is 12.7. The van der Waals surface area contributed by atoms with E-state index in [1.807, 2.05) is 36.4 Å². The van der Waals surface area contributed by atoms with E-state index in [0.717, 1.165) is 40.5 Å². The van der Waals surface area contributed by atoms with Crippen molar-refractivity contribution < 1.29 is 4.39 Å². The molecular formula is C21H17ClFN3. The maximum absolute atomic E-state index is 13.3. The van der Waals surface area contributed by atoms with E-state index in [4.69, 9.17) is 16.6 Å². The molecule has 0 atom stereocenters. The molecule has 0 saturated carbocycles. The second-order valence-corrected chi connectivity index (χ2v) is 6.39. The van der Waals surface area contributed by atoms with Crippen LogP contribution in [0, 0.1) is 5.82 Å². The molecule has 4 rings (SSSR count).